The van der Waals surface area contributed by atoms with E-state index >= 15 is 0 Å². The van der Waals surface area contributed by atoms with Gasteiger partial charge in [-0.2, -0.15) is 0 Å². The van der Waals surface area contributed by atoms with Crippen LogP contribution in [0.4, 0.5) is 4.79 Å². The highest BCUT2D eigenvalue weighted by atomic mass is 16.7. The highest BCUT2D eigenvalue weighted by Gasteiger charge is 2.29. The second-order valence-electron chi connectivity index (χ2n) is 6.55. The zero-order valence-corrected chi connectivity index (χ0v) is 16.3. The number of fused-ring (bicyclic) bond motifs is 3. The van der Waals surface area contributed by atoms with Crippen LogP contribution in [0.3, 0.4) is 0 Å². The summed E-state index contributed by atoms with van der Waals surface area (Å²) in [5.74, 6) is 0.00247. The predicted molar refractivity (Wildman–Crippen MR) is 106 cm³/mol. The number of nitrogens with one attached hydrogen (secondary N) is 1. The standard InChI is InChI=1S/C22H27NO5/c1-3-26-21(27-4-2)20(24)13-23-22(25)28-14-19-17-11-7-5-9-15(17)16-10-6-8-12-18(16)19/h5-12,19-21,24H,3-4,13-14H2,1-2H3,(H,23,25). The van der Waals surface area contributed by atoms with Crippen LogP contribution in [0.15, 0.2) is 48.5 Å². The Morgan fingerprint density at radius 2 is 1.54 bits per heavy atom. The number of carbonyl (C=O) groups excluding carboxylic acids is 1. The average molecular weight is 385 g/mol. The third-order valence-electron chi connectivity index (χ3n) is 4.78. The van der Waals surface area contributed by atoms with Gasteiger partial charge in [-0.05, 0) is 36.1 Å². The summed E-state index contributed by atoms with van der Waals surface area (Å²) in [6.07, 6.45) is -2.32. The van der Waals surface area contributed by atoms with Crippen molar-refractivity contribution in [2.45, 2.75) is 32.2 Å². The minimum Gasteiger partial charge on any atom is -0.449 e. The van der Waals surface area contributed by atoms with E-state index in [0.717, 1.165) is 11.1 Å². The van der Waals surface area contributed by atoms with E-state index in [1.54, 1.807) is 0 Å². The van der Waals surface area contributed by atoms with Gasteiger partial charge in [-0.15, -0.1) is 0 Å². The summed E-state index contributed by atoms with van der Waals surface area (Å²) in [4.78, 5) is 12.1. The number of aliphatic hydroxyl groups excluding tert-OH is 1. The summed E-state index contributed by atoms with van der Waals surface area (Å²) in [6.45, 7) is 4.67. The van der Waals surface area contributed by atoms with Crippen molar-refractivity contribution in [2.75, 3.05) is 26.4 Å². The number of aliphatic hydroxyl groups is 1. The van der Waals surface area contributed by atoms with Gasteiger partial charge in [0, 0.05) is 19.1 Å². The SMILES string of the molecule is CCOC(OCC)C(O)CNC(=O)OCC1c2ccccc2-c2ccccc21. The Balaban J connectivity index is 1.56. The molecule has 3 rings (SSSR count). The van der Waals surface area contributed by atoms with Crippen LogP contribution in [0, 0.1) is 0 Å². The summed E-state index contributed by atoms with van der Waals surface area (Å²) in [5.41, 5.74) is 4.67. The molecule has 0 aliphatic heterocycles. The summed E-state index contributed by atoms with van der Waals surface area (Å²) in [5, 5.41) is 12.7. The van der Waals surface area contributed by atoms with Gasteiger partial charge in [0.2, 0.25) is 0 Å². The fraction of sp³-hybridized carbons (Fsp3) is 0.409. The molecule has 1 unspecified atom stereocenters. The molecule has 0 radical (unpaired) electrons. The molecule has 0 aromatic heterocycles. The van der Waals surface area contributed by atoms with Gasteiger partial charge in [0.15, 0.2) is 6.29 Å². The van der Waals surface area contributed by atoms with Crippen molar-refractivity contribution >= 4 is 6.09 Å². The first-order chi connectivity index (χ1) is 13.7. The largest absolute Gasteiger partial charge is 0.449 e. The van der Waals surface area contributed by atoms with E-state index in [2.05, 4.69) is 29.6 Å². The van der Waals surface area contributed by atoms with Crippen molar-refractivity contribution in [1.82, 2.24) is 5.32 Å². The molecule has 6 heteroatoms. The van der Waals surface area contributed by atoms with Crippen LogP contribution in [-0.4, -0.2) is 50.0 Å². The van der Waals surface area contributed by atoms with Gasteiger partial charge in [-0.25, -0.2) is 4.79 Å². The van der Waals surface area contributed by atoms with Gasteiger partial charge in [-0.3, -0.25) is 0 Å². The summed E-state index contributed by atoms with van der Waals surface area (Å²) < 4.78 is 16.1. The number of alkyl carbamates (subject to hydrolysis) is 1. The third kappa shape index (κ3) is 4.52. The highest BCUT2D eigenvalue weighted by Crippen LogP contribution is 2.44. The third-order valence-corrected chi connectivity index (χ3v) is 4.78. The Bertz CT molecular complexity index is 743. The first kappa shape index (κ1) is 20.3. The second kappa shape index (κ2) is 9.68. The summed E-state index contributed by atoms with van der Waals surface area (Å²) in [7, 11) is 0. The minimum absolute atomic E-state index is 0.00247. The Morgan fingerprint density at radius 1 is 1.00 bits per heavy atom. The molecule has 0 saturated heterocycles. The van der Waals surface area contributed by atoms with Gasteiger partial charge in [0.05, 0.1) is 6.54 Å². The van der Waals surface area contributed by atoms with Crippen molar-refractivity contribution < 1.29 is 24.1 Å². The van der Waals surface area contributed by atoms with Gasteiger partial charge < -0.3 is 24.6 Å². The molecule has 2 N–H and O–H groups in total. The molecule has 1 atom stereocenters. The van der Waals surface area contributed by atoms with E-state index in [-0.39, 0.29) is 19.1 Å². The lowest BCUT2D eigenvalue weighted by Gasteiger charge is -2.22. The Labute approximate surface area is 165 Å². The van der Waals surface area contributed by atoms with E-state index < -0.39 is 18.5 Å². The van der Waals surface area contributed by atoms with Crippen molar-refractivity contribution in [3.05, 3.63) is 59.7 Å². The molecule has 1 aliphatic carbocycles. The van der Waals surface area contributed by atoms with E-state index in [1.165, 1.54) is 11.1 Å². The topological polar surface area (TPSA) is 77.0 Å². The Morgan fingerprint density at radius 3 is 2.07 bits per heavy atom. The molecule has 0 fully saturated rings. The molecule has 6 nitrogen and oxygen atoms in total. The van der Waals surface area contributed by atoms with Crippen molar-refractivity contribution in [2.24, 2.45) is 0 Å². The maximum absolute atomic E-state index is 12.1. The lowest BCUT2D eigenvalue weighted by Crippen LogP contribution is -2.42. The monoisotopic (exact) mass is 385 g/mol. The van der Waals surface area contributed by atoms with E-state index in [1.807, 2.05) is 38.1 Å². The molecule has 1 amide bonds. The molecule has 150 valence electrons. The molecule has 0 heterocycles. The minimum atomic E-state index is -0.972. The van der Waals surface area contributed by atoms with Crippen LogP contribution in [0.2, 0.25) is 0 Å². The average Bonchev–Trinajstić information content (AvgIpc) is 3.04. The number of carbonyl (C=O) groups is 1. The van der Waals surface area contributed by atoms with Gasteiger partial charge in [0.1, 0.15) is 12.7 Å². The van der Waals surface area contributed by atoms with Crippen molar-refractivity contribution in [3.63, 3.8) is 0 Å². The first-order valence-corrected chi connectivity index (χ1v) is 9.65. The van der Waals surface area contributed by atoms with Crippen LogP contribution in [-0.2, 0) is 14.2 Å². The normalized spacial score (nSPS) is 13.9. The number of ether oxygens (including phenoxy) is 3. The van der Waals surface area contributed by atoms with Gasteiger partial charge in [-0.1, -0.05) is 48.5 Å². The van der Waals surface area contributed by atoms with Crippen LogP contribution in [0.25, 0.3) is 11.1 Å². The number of benzene rings is 2. The van der Waals surface area contributed by atoms with E-state index in [4.69, 9.17) is 14.2 Å². The second-order valence-corrected chi connectivity index (χ2v) is 6.55. The van der Waals surface area contributed by atoms with E-state index in [0.29, 0.717) is 13.2 Å². The number of hydrogen-bond donors (Lipinski definition) is 2. The molecule has 2 aromatic rings. The lowest BCUT2D eigenvalue weighted by molar-refractivity contribution is -0.187. The zero-order chi connectivity index (χ0) is 19.9. The van der Waals surface area contributed by atoms with Gasteiger partial charge >= 0.3 is 6.09 Å². The predicted octanol–water partition coefficient (Wildman–Crippen LogP) is 3.29. The smallest absolute Gasteiger partial charge is 0.407 e. The number of amides is 1. The molecule has 1 aliphatic rings. The zero-order valence-electron chi connectivity index (χ0n) is 16.3. The Kier molecular flexibility index (Phi) is 7.03. The summed E-state index contributed by atoms with van der Waals surface area (Å²) in [6, 6.07) is 16.3. The molecular formula is C22H27NO5. The maximum atomic E-state index is 12.1. The van der Waals surface area contributed by atoms with Crippen LogP contribution in [0.5, 0.6) is 0 Å². The molecule has 0 bridgehead atoms. The molecule has 0 spiro atoms. The number of rotatable bonds is 9. The van der Waals surface area contributed by atoms with Gasteiger partial charge in [0.25, 0.3) is 0 Å². The molecular weight excluding hydrogens is 358 g/mol. The van der Waals surface area contributed by atoms with Crippen molar-refractivity contribution in [3.8, 4) is 11.1 Å². The highest BCUT2D eigenvalue weighted by molar-refractivity contribution is 5.79. The first-order valence-electron chi connectivity index (χ1n) is 9.65. The Hall–Kier alpha value is -2.41. The molecule has 2 aromatic carbocycles. The lowest BCUT2D eigenvalue weighted by atomic mass is 9.98. The summed E-state index contributed by atoms with van der Waals surface area (Å²) >= 11 is 0. The van der Waals surface area contributed by atoms with E-state index in [9.17, 15) is 9.90 Å². The molecule has 0 saturated carbocycles. The molecule has 28 heavy (non-hydrogen) atoms. The maximum Gasteiger partial charge on any atom is 0.407 e. The van der Waals surface area contributed by atoms with Crippen LogP contribution >= 0.6 is 0 Å². The fourth-order valence-electron chi connectivity index (χ4n) is 3.53. The van der Waals surface area contributed by atoms with Crippen LogP contribution < -0.4 is 5.32 Å². The quantitative estimate of drug-likeness (QED) is 0.648. The fourth-order valence-corrected chi connectivity index (χ4v) is 3.53. The number of hydrogen-bond acceptors (Lipinski definition) is 5. The van der Waals surface area contributed by atoms with Crippen LogP contribution in [0.1, 0.15) is 30.9 Å². The van der Waals surface area contributed by atoms with Crippen molar-refractivity contribution in [1.29, 1.82) is 0 Å².